The van der Waals surface area contributed by atoms with E-state index in [0.29, 0.717) is 5.56 Å². The molecule has 0 radical (unpaired) electrons. The largest absolute Gasteiger partial charge is 0.507 e. The maximum Gasteiger partial charge on any atom is 0.124 e. The van der Waals surface area contributed by atoms with E-state index in [1.54, 1.807) is 6.07 Å². The average Bonchev–Trinajstić information content (AvgIpc) is 3.57. The smallest absolute Gasteiger partial charge is 0.124 e. The molecular weight excluding hydrogens is 707 g/mol. The molecule has 6 aromatic carbocycles. The molecule has 0 spiro atoms. The van der Waals surface area contributed by atoms with Gasteiger partial charge in [-0.25, -0.2) is 4.98 Å². The van der Waals surface area contributed by atoms with Crippen LogP contribution in [0.1, 0.15) is 52.7 Å². The van der Waals surface area contributed by atoms with Crippen molar-refractivity contribution in [3.63, 3.8) is 0 Å². The van der Waals surface area contributed by atoms with Crippen molar-refractivity contribution in [2.75, 3.05) is 0 Å². The van der Waals surface area contributed by atoms with Gasteiger partial charge in [0.1, 0.15) is 5.75 Å². The number of pyridine rings is 2. The van der Waals surface area contributed by atoms with E-state index in [9.17, 15) is 5.11 Å². The second-order valence-electron chi connectivity index (χ2n) is 17.3. The minimum Gasteiger partial charge on any atom is -0.507 e. The van der Waals surface area contributed by atoms with Gasteiger partial charge in [0.2, 0.25) is 0 Å². The minimum absolute atomic E-state index is 0.0371. The zero-order valence-electron chi connectivity index (χ0n) is 34.0. The lowest BCUT2D eigenvalue weighted by Crippen LogP contribution is -2.16. The Balaban J connectivity index is 1.19. The lowest BCUT2D eigenvalue weighted by atomic mass is 9.79. The molecule has 0 atom stereocenters. The summed E-state index contributed by atoms with van der Waals surface area (Å²) in [5.74, 6) is 0.202. The Hall–Kier alpha value is -6.78. The van der Waals surface area contributed by atoms with E-state index in [4.69, 9.17) is 9.97 Å². The molecule has 1 N–H and O–H groups in total. The Morgan fingerprint density at radius 1 is 0.448 bits per heavy atom. The van der Waals surface area contributed by atoms with Crippen molar-refractivity contribution >= 4 is 21.8 Å². The SMILES string of the molecule is CC(C)(C)c1cc(-c2cc(-c3cccc(-c4ncccc4-c4ccc5c(c4)c4ccccc4n5-c4ccccc4)c3)nc(-c3ccccc3O)c2)cc(C(C)(C)C)c1. The topological polar surface area (TPSA) is 50.9 Å². The lowest BCUT2D eigenvalue weighted by Gasteiger charge is -2.26. The summed E-state index contributed by atoms with van der Waals surface area (Å²) >= 11 is 0. The molecule has 9 aromatic rings. The van der Waals surface area contributed by atoms with E-state index in [1.165, 1.54) is 27.4 Å². The number of benzene rings is 6. The monoisotopic (exact) mass is 753 g/mol. The van der Waals surface area contributed by atoms with Gasteiger partial charge < -0.3 is 9.67 Å². The number of phenols is 1. The van der Waals surface area contributed by atoms with Gasteiger partial charge >= 0.3 is 0 Å². The minimum atomic E-state index is -0.0371. The number of fused-ring (bicyclic) bond motifs is 3. The average molecular weight is 754 g/mol. The number of phenolic OH excluding ortho intramolecular Hbond substituents is 1. The normalized spacial score (nSPS) is 12.0. The number of hydrogen-bond donors (Lipinski definition) is 1. The molecule has 3 aromatic heterocycles. The molecule has 4 heteroatoms. The third-order valence-corrected chi connectivity index (χ3v) is 11.2. The molecule has 3 heterocycles. The van der Waals surface area contributed by atoms with Crippen molar-refractivity contribution in [1.82, 2.24) is 14.5 Å². The Labute approximate surface area is 341 Å². The van der Waals surface area contributed by atoms with Crippen LogP contribution in [0.25, 0.3) is 83.5 Å². The fourth-order valence-corrected chi connectivity index (χ4v) is 8.02. The van der Waals surface area contributed by atoms with Gasteiger partial charge in [0.05, 0.1) is 28.1 Å². The molecule has 4 nitrogen and oxygen atoms in total. The van der Waals surface area contributed by atoms with Crippen LogP contribution in [0.15, 0.2) is 170 Å². The highest BCUT2D eigenvalue weighted by molar-refractivity contribution is 6.10. The van der Waals surface area contributed by atoms with E-state index in [0.717, 1.165) is 61.7 Å². The van der Waals surface area contributed by atoms with Crippen molar-refractivity contribution in [1.29, 1.82) is 0 Å². The summed E-state index contributed by atoms with van der Waals surface area (Å²) in [7, 11) is 0. The Morgan fingerprint density at radius 2 is 1.09 bits per heavy atom. The summed E-state index contributed by atoms with van der Waals surface area (Å²) in [6.07, 6.45) is 1.87. The predicted molar refractivity (Wildman–Crippen MR) is 243 cm³/mol. The summed E-state index contributed by atoms with van der Waals surface area (Å²) in [6.45, 7) is 13.6. The van der Waals surface area contributed by atoms with Crippen molar-refractivity contribution in [2.24, 2.45) is 0 Å². The summed E-state index contributed by atoms with van der Waals surface area (Å²) in [4.78, 5) is 10.2. The van der Waals surface area contributed by atoms with E-state index >= 15 is 0 Å². The maximum absolute atomic E-state index is 11.1. The van der Waals surface area contributed by atoms with Gasteiger partial charge in [0, 0.05) is 44.9 Å². The number of nitrogens with zero attached hydrogens (tertiary/aromatic N) is 3. The zero-order chi connectivity index (χ0) is 40.2. The molecule has 0 fully saturated rings. The highest BCUT2D eigenvalue weighted by atomic mass is 16.3. The zero-order valence-corrected chi connectivity index (χ0v) is 34.0. The van der Waals surface area contributed by atoms with Crippen LogP contribution in [-0.4, -0.2) is 19.6 Å². The van der Waals surface area contributed by atoms with Crippen LogP contribution in [-0.2, 0) is 10.8 Å². The lowest BCUT2D eigenvalue weighted by molar-refractivity contribution is 0.477. The molecular formula is C54H47N3O. The van der Waals surface area contributed by atoms with Gasteiger partial charge in [-0.2, -0.15) is 0 Å². The van der Waals surface area contributed by atoms with E-state index < -0.39 is 0 Å². The first-order valence-corrected chi connectivity index (χ1v) is 20.0. The highest BCUT2D eigenvalue weighted by Crippen LogP contribution is 2.40. The second-order valence-corrected chi connectivity index (χ2v) is 17.3. The Kier molecular flexibility index (Phi) is 9.09. The van der Waals surface area contributed by atoms with E-state index in [-0.39, 0.29) is 16.6 Å². The van der Waals surface area contributed by atoms with E-state index in [2.05, 4.69) is 180 Å². The Morgan fingerprint density at radius 3 is 1.84 bits per heavy atom. The first kappa shape index (κ1) is 36.8. The first-order valence-electron chi connectivity index (χ1n) is 20.0. The van der Waals surface area contributed by atoms with Crippen LogP contribution in [0, 0.1) is 0 Å². The molecule has 0 aliphatic carbocycles. The summed E-state index contributed by atoms with van der Waals surface area (Å²) < 4.78 is 2.34. The van der Waals surface area contributed by atoms with Crippen LogP contribution in [0.5, 0.6) is 5.75 Å². The van der Waals surface area contributed by atoms with Crippen LogP contribution in [0.2, 0.25) is 0 Å². The molecule has 0 saturated carbocycles. The van der Waals surface area contributed by atoms with Gasteiger partial charge in [-0.3, -0.25) is 4.98 Å². The molecule has 0 bridgehead atoms. The molecule has 9 rings (SSSR count). The highest BCUT2D eigenvalue weighted by Gasteiger charge is 2.22. The molecule has 0 aliphatic heterocycles. The second kappa shape index (κ2) is 14.3. The maximum atomic E-state index is 11.1. The summed E-state index contributed by atoms with van der Waals surface area (Å²) in [5.41, 5.74) is 15.4. The van der Waals surface area contributed by atoms with Crippen LogP contribution in [0.3, 0.4) is 0 Å². The third-order valence-electron chi connectivity index (χ3n) is 11.2. The number of aromatic nitrogens is 3. The molecule has 0 unspecified atom stereocenters. The molecule has 284 valence electrons. The summed E-state index contributed by atoms with van der Waals surface area (Å²) in [6, 6.07) is 57.4. The molecule has 0 amide bonds. The summed E-state index contributed by atoms with van der Waals surface area (Å²) in [5, 5.41) is 13.5. The van der Waals surface area contributed by atoms with Crippen LogP contribution in [0.4, 0.5) is 0 Å². The van der Waals surface area contributed by atoms with E-state index in [1.807, 2.05) is 30.5 Å². The van der Waals surface area contributed by atoms with Crippen LogP contribution >= 0.6 is 0 Å². The first-order chi connectivity index (χ1) is 27.9. The standard InChI is InChI=1S/C54H47N3O/c1-53(2,3)40-29-38(30-41(34-40)54(4,5)6)39-32-47(56-48(33-39)45-21-11-13-24-51(45)58)36-16-14-17-37(28-36)52-43(22-15-27-55-52)35-25-26-50-46(31-35)44-20-10-12-23-49(44)57(50)42-18-8-7-9-19-42/h7-34,58H,1-6H3. The molecule has 0 aliphatic rings. The van der Waals surface area contributed by atoms with Crippen molar-refractivity contribution in [2.45, 2.75) is 52.4 Å². The Bertz CT molecular complexity index is 2950. The number of aromatic hydroxyl groups is 1. The number of rotatable bonds is 6. The van der Waals surface area contributed by atoms with Gasteiger partial charge in [0.15, 0.2) is 0 Å². The third kappa shape index (κ3) is 6.85. The quantitative estimate of drug-likeness (QED) is 0.184. The fourth-order valence-electron chi connectivity index (χ4n) is 8.02. The number of hydrogen-bond acceptors (Lipinski definition) is 3. The van der Waals surface area contributed by atoms with Crippen molar-refractivity contribution < 1.29 is 5.11 Å². The van der Waals surface area contributed by atoms with Gasteiger partial charge in [-0.15, -0.1) is 0 Å². The molecule has 58 heavy (non-hydrogen) atoms. The fraction of sp³-hybridized carbons (Fsp3) is 0.148. The predicted octanol–water partition coefficient (Wildman–Crippen LogP) is 14.2. The van der Waals surface area contributed by atoms with Gasteiger partial charge in [-0.05, 0) is 105 Å². The van der Waals surface area contributed by atoms with Gasteiger partial charge in [0.25, 0.3) is 0 Å². The van der Waals surface area contributed by atoms with Crippen LogP contribution < -0.4 is 0 Å². The number of para-hydroxylation sites is 3. The van der Waals surface area contributed by atoms with Crippen molar-refractivity contribution in [3.05, 3.63) is 181 Å². The van der Waals surface area contributed by atoms with Gasteiger partial charge in [-0.1, -0.05) is 139 Å². The van der Waals surface area contributed by atoms with Crippen molar-refractivity contribution in [3.8, 4) is 67.5 Å². The molecule has 0 saturated heterocycles.